The van der Waals surface area contributed by atoms with E-state index in [0.717, 1.165) is 24.4 Å². The molecule has 0 radical (unpaired) electrons. The lowest BCUT2D eigenvalue weighted by Crippen LogP contribution is -2.54. The highest BCUT2D eigenvalue weighted by Crippen LogP contribution is 2.30. The van der Waals surface area contributed by atoms with Crippen molar-refractivity contribution in [2.75, 3.05) is 19.7 Å². The summed E-state index contributed by atoms with van der Waals surface area (Å²) < 4.78 is 5.77. The number of piperidine rings is 1. The largest absolute Gasteiger partial charge is 0.493 e. The summed E-state index contributed by atoms with van der Waals surface area (Å²) in [5.41, 5.74) is 0.497. The van der Waals surface area contributed by atoms with Gasteiger partial charge >= 0.3 is 0 Å². The van der Waals surface area contributed by atoms with Crippen LogP contribution >= 0.6 is 12.4 Å². The fraction of sp³-hybridized carbons (Fsp3) is 0.444. The van der Waals surface area contributed by atoms with Crippen LogP contribution in [0.25, 0.3) is 0 Å². The Morgan fingerprint density at radius 1 is 1.07 bits per heavy atom. The number of carbonyl (C=O) groups is 4. The van der Waals surface area contributed by atoms with E-state index in [-0.39, 0.29) is 42.3 Å². The predicted octanol–water partition coefficient (Wildman–Crippen LogP) is 0.498. The summed E-state index contributed by atoms with van der Waals surface area (Å²) in [6.07, 6.45) is 1.30. The Balaban J connectivity index is 0.00000210. The van der Waals surface area contributed by atoms with Crippen LogP contribution in [0.15, 0.2) is 18.2 Å². The average Bonchev–Trinajstić information content (AvgIpc) is 3.22. The highest BCUT2D eigenvalue weighted by molar-refractivity contribution is 6.23. The third-order valence-corrected chi connectivity index (χ3v) is 5.06. The van der Waals surface area contributed by atoms with E-state index in [1.54, 1.807) is 18.2 Å². The molecule has 0 bridgehead atoms. The van der Waals surface area contributed by atoms with Crippen LogP contribution in [-0.2, 0) is 9.59 Å². The van der Waals surface area contributed by atoms with Crippen molar-refractivity contribution in [1.29, 1.82) is 0 Å². The predicted molar refractivity (Wildman–Crippen MR) is 96.8 cm³/mol. The third-order valence-electron chi connectivity index (χ3n) is 5.06. The molecule has 27 heavy (non-hydrogen) atoms. The van der Waals surface area contributed by atoms with Gasteiger partial charge in [-0.2, -0.15) is 0 Å². The first-order chi connectivity index (χ1) is 12.5. The standard InChI is InChI=1S/C18H19N3O5.ClH/c22-15-4-3-14(16(23)20-15)21-17(24)12-2-1-11(7-13(12)18(21)25)26-9-10-5-6-19-8-10;/h1-2,7,10,14,19H,3-6,8-9H2,(H,20,22,23);1H/t10-,14?;/m1./s1. The van der Waals surface area contributed by atoms with E-state index >= 15 is 0 Å². The van der Waals surface area contributed by atoms with E-state index < -0.39 is 23.8 Å². The zero-order valence-electron chi connectivity index (χ0n) is 14.5. The number of benzene rings is 1. The quantitative estimate of drug-likeness (QED) is 0.722. The average molecular weight is 394 g/mol. The molecule has 1 aromatic rings. The van der Waals surface area contributed by atoms with Gasteiger partial charge in [0.05, 0.1) is 17.7 Å². The number of hydrogen-bond donors (Lipinski definition) is 2. The van der Waals surface area contributed by atoms with E-state index in [0.29, 0.717) is 18.3 Å². The van der Waals surface area contributed by atoms with Crippen molar-refractivity contribution in [2.24, 2.45) is 5.92 Å². The van der Waals surface area contributed by atoms with Crippen molar-refractivity contribution in [2.45, 2.75) is 25.3 Å². The molecule has 4 amide bonds. The monoisotopic (exact) mass is 393 g/mol. The highest BCUT2D eigenvalue weighted by Gasteiger charge is 2.44. The molecule has 0 aliphatic carbocycles. The second-order valence-corrected chi connectivity index (χ2v) is 6.82. The zero-order valence-corrected chi connectivity index (χ0v) is 15.3. The lowest BCUT2D eigenvalue weighted by Gasteiger charge is -2.27. The van der Waals surface area contributed by atoms with Gasteiger partial charge in [-0.3, -0.25) is 29.4 Å². The second-order valence-electron chi connectivity index (χ2n) is 6.82. The van der Waals surface area contributed by atoms with Gasteiger partial charge in [-0.05, 0) is 37.6 Å². The summed E-state index contributed by atoms with van der Waals surface area (Å²) >= 11 is 0. The summed E-state index contributed by atoms with van der Waals surface area (Å²) in [6, 6.07) is 3.84. The number of amides is 4. The molecule has 2 N–H and O–H groups in total. The first-order valence-electron chi connectivity index (χ1n) is 8.74. The van der Waals surface area contributed by atoms with Gasteiger partial charge in [0.2, 0.25) is 11.8 Å². The van der Waals surface area contributed by atoms with Gasteiger partial charge in [0.25, 0.3) is 11.8 Å². The fourth-order valence-corrected chi connectivity index (χ4v) is 3.61. The molecule has 4 rings (SSSR count). The van der Waals surface area contributed by atoms with Crippen LogP contribution in [0.2, 0.25) is 0 Å². The van der Waals surface area contributed by atoms with Gasteiger partial charge < -0.3 is 10.1 Å². The topological polar surface area (TPSA) is 105 Å². The van der Waals surface area contributed by atoms with Gasteiger partial charge in [-0.15, -0.1) is 12.4 Å². The summed E-state index contributed by atoms with van der Waals surface area (Å²) in [5.74, 6) is -1.07. The molecule has 1 aromatic carbocycles. The van der Waals surface area contributed by atoms with Crippen molar-refractivity contribution in [3.05, 3.63) is 29.3 Å². The van der Waals surface area contributed by atoms with Crippen LogP contribution in [0.4, 0.5) is 0 Å². The van der Waals surface area contributed by atoms with Crippen molar-refractivity contribution >= 4 is 36.0 Å². The first kappa shape index (κ1) is 19.3. The molecule has 3 aliphatic rings. The normalized spacial score (nSPS) is 24.5. The number of rotatable bonds is 4. The molecule has 3 aliphatic heterocycles. The van der Waals surface area contributed by atoms with Gasteiger partial charge in [-0.1, -0.05) is 0 Å². The Kier molecular flexibility index (Phi) is 5.48. The molecule has 144 valence electrons. The fourth-order valence-electron chi connectivity index (χ4n) is 3.61. The van der Waals surface area contributed by atoms with E-state index in [2.05, 4.69) is 10.6 Å². The van der Waals surface area contributed by atoms with Crippen LogP contribution in [-0.4, -0.2) is 54.3 Å². The van der Waals surface area contributed by atoms with Crippen LogP contribution in [0, 0.1) is 5.92 Å². The number of hydrogen-bond acceptors (Lipinski definition) is 6. The van der Waals surface area contributed by atoms with Crippen LogP contribution in [0.1, 0.15) is 40.0 Å². The van der Waals surface area contributed by atoms with Crippen molar-refractivity contribution in [3.63, 3.8) is 0 Å². The molecule has 9 heteroatoms. The van der Waals surface area contributed by atoms with E-state index in [1.165, 1.54) is 0 Å². The zero-order chi connectivity index (χ0) is 18.3. The lowest BCUT2D eigenvalue weighted by molar-refractivity contribution is -0.136. The maximum atomic E-state index is 12.7. The van der Waals surface area contributed by atoms with Crippen molar-refractivity contribution in [1.82, 2.24) is 15.5 Å². The van der Waals surface area contributed by atoms with E-state index in [4.69, 9.17) is 4.74 Å². The number of imide groups is 2. The first-order valence-corrected chi connectivity index (χ1v) is 8.74. The summed E-state index contributed by atoms with van der Waals surface area (Å²) in [5, 5.41) is 5.45. The lowest BCUT2D eigenvalue weighted by atomic mass is 10.0. The maximum Gasteiger partial charge on any atom is 0.262 e. The van der Waals surface area contributed by atoms with Gasteiger partial charge in [0, 0.05) is 18.9 Å². The molecule has 0 aromatic heterocycles. The number of fused-ring (bicyclic) bond motifs is 1. The summed E-state index contributed by atoms with van der Waals surface area (Å²) in [6.45, 7) is 2.43. The molecule has 1 unspecified atom stereocenters. The molecular weight excluding hydrogens is 374 g/mol. The Bertz CT molecular complexity index is 806. The Morgan fingerprint density at radius 3 is 2.56 bits per heavy atom. The summed E-state index contributed by atoms with van der Waals surface area (Å²) in [4.78, 5) is 49.6. The number of nitrogens with zero attached hydrogens (tertiary/aromatic N) is 1. The number of carbonyl (C=O) groups excluding carboxylic acids is 4. The number of ether oxygens (including phenoxy) is 1. The van der Waals surface area contributed by atoms with E-state index in [1.807, 2.05) is 0 Å². The smallest absolute Gasteiger partial charge is 0.262 e. The van der Waals surface area contributed by atoms with Crippen LogP contribution in [0.5, 0.6) is 5.75 Å². The SMILES string of the molecule is Cl.O=C1CCC(N2C(=O)c3ccc(OC[C@@H]4CCNC4)cc3C2=O)C(=O)N1. The van der Waals surface area contributed by atoms with Crippen LogP contribution in [0.3, 0.4) is 0 Å². The van der Waals surface area contributed by atoms with E-state index in [9.17, 15) is 19.2 Å². The maximum absolute atomic E-state index is 12.7. The number of nitrogens with one attached hydrogen (secondary N) is 2. The summed E-state index contributed by atoms with van der Waals surface area (Å²) in [7, 11) is 0. The minimum Gasteiger partial charge on any atom is -0.493 e. The second kappa shape index (κ2) is 7.66. The number of halogens is 1. The minimum atomic E-state index is -0.950. The molecule has 2 saturated heterocycles. The third kappa shape index (κ3) is 3.54. The van der Waals surface area contributed by atoms with Gasteiger partial charge in [0.15, 0.2) is 0 Å². The Hall–Kier alpha value is -2.45. The van der Waals surface area contributed by atoms with Gasteiger partial charge in [-0.25, -0.2) is 0 Å². The van der Waals surface area contributed by atoms with Crippen molar-refractivity contribution in [3.8, 4) is 5.75 Å². The van der Waals surface area contributed by atoms with Crippen LogP contribution < -0.4 is 15.4 Å². The highest BCUT2D eigenvalue weighted by atomic mass is 35.5. The molecule has 3 heterocycles. The molecule has 2 atom stereocenters. The molecule has 0 spiro atoms. The molecule has 0 saturated carbocycles. The van der Waals surface area contributed by atoms with Crippen molar-refractivity contribution < 1.29 is 23.9 Å². The minimum absolute atomic E-state index is 0. The van der Waals surface area contributed by atoms with Gasteiger partial charge in [0.1, 0.15) is 11.8 Å². The molecule has 2 fully saturated rings. The Labute approximate surface area is 162 Å². The molecule has 8 nitrogen and oxygen atoms in total. The molecular formula is C18H20ClN3O5. The Morgan fingerprint density at radius 2 is 1.85 bits per heavy atom.